The van der Waals surface area contributed by atoms with E-state index < -0.39 is 5.79 Å². The Labute approximate surface area is 75.7 Å². The second-order valence-corrected chi connectivity index (χ2v) is 4.29. The van der Waals surface area contributed by atoms with E-state index in [0.717, 1.165) is 10.9 Å². The van der Waals surface area contributed by atoms with Gasteiger partial charge in [-0.3, -0.25) is 0 Å². The summed E-state index contributed by atoms with van der Waals surface area (Å²) in [6.45, 7) is 8.25. The molecule has 1 atom stereocenters. The highest BCUT2D eigenvalue weighted by Gasteiger charge is 2.32. The van der Waals surface area contributed by atoms with Crippen molar-refractivity contribution in [3.63, 3.8) is 0 Å². The minimum absolute atomic E-state index is 0.164. The van der Waals surface area contributed by atoms with E-state index in [9.17, 15) is 0 Å². The predicted octanol–water partition coefficient (Wildman–Crippen LogP) is 2.44. The number of rotatable bonds is 2. The summed E-state index contributed by atoms with van der Waals surface area (Å²) in [5.41, 5.74) is 0. The molecule has 0 aromatic heterocycles. The molecule has 11 heavy (non-hydrogen) atoms. The fourth-order valence-corrected chi connectivity index (χ4v) is 1.47. The molecule has 1 aliphatic rings. The van der Waals surface area contributed by atoms with E-state index in [-0.39, 0.29) is 6.10 Å². The topological polar surface area (TPSA) is 18.5 Å². The van der Waals surface area contributed by atoms with Gasteiger partial charge in [0.25, 0.3) is 0 Å². The third kappa shape index (κ3) is 2.93. The number of hydrogen-bond donors (Lipinski definition) is 0. The average molecular weight is 221 g/mol. The van der Waals surface area contributed by atoms with Gasteiger partial charge in [-0.2, -0.15) is 0 Å². The minimum atomic E-state index is -0.410. The van der Waals surface area contributed by atoms with Crippen LogP contribution >= 0.6 is 15.9 Å². The van der Waals surface area contributed by atoms with Gasteiger partial charge in [-0.15, -0.1) is 0 Å². The van der Waals surface area contributed by atoms with Crippen LogP contribution in [-0.2, 0) is 9.47 Å². The Kier molecular flexibility index (Phi) is 2.73. The van der Waals surface area contributed by atoms with Crippen molar-refractivity contribution in [2.45, 2.75) is 32.2 Å². The lowest BCUT2D eigenvalue weighted by Crippen LogP contribution is -2.21. The Balaban J connectivity index is 2.36. The van der Waals surface area contributed by atoms with E-state index in [1.165, 1.54) is 0 Å². The summed E-state index contributed by atoms with van der Waals surface area (Å²) in [6, 6.07) is 0. The Morgan fingerprint density at radius 2 is 2.36 bits per heavy atom. The second kappa shape index (κ2) is 3.25. The lowest BCUT2D eigenvalue weighted by molar-refractivity contribution is -0.137. The smallest absolute Gasteiger partial charge is 0.163 e. The summed E-state index contributed by atoms with van der Waals surface area (Å²) >= 11 is 3.29. The van der Waals surface area contributed by atoms with Crippen molar-refractivity contribution in [1.82, 2.24) is 0 Å². The third-order valence-electron chi connectivity index (χ3n) is 1.52. The Morgan fingerprint density at radius 3 is 2.73 bits per heavy atom. The molecule has 1 unspecified atom stereocenters. The summed E-state index contributed by atoms with van der Waals surface area (Å²) in [6.07, 6.45) is 0.987. The first-order chi connectivity index (χ1) is 4.99. The van der Waals surface area contributed by atoms with Crippen LogP contribution in [0.1, 0.15) is 20.3 Å². The molecule has 0 bridgehead atoms. The van der Waals surface area contributed by atoms with Crippen LogP contribution in [0.15, 0.2) is 11.1 Å². The molecule has 0 saturated carbocycles. The van der Waals surface area contributed by atoms with Gasteiger partial charge in [-0.25, -0.2) is 0 Å². The zero-order valence-electron chi connectivity index (χ0n) is 6.89. The molecule has 0 spiro atoms. The molecule has 1 fully saturated rings. The monoisotopic (exact) mass is 220 g/mol. The first-order valence-electron chi connectivity index (χ1n) is 3.65. The van der Waals surface area contributed by atoms with E-state index >= 15 is 0 Å². The molecule has 1 heterocycles. The summed E-state index contributed by atoms with van der Waals surface area (Å²) in [5.74, 6) is -0.410. The van der Waals surface area contributed by atoms with Crippen LogP contribution in [0.3, 0.4) is 0 Å². The Morgan fingerprint density at radius 1 is 1.73 bits per heavy atom. The normalized spacial score (nSPS) is 28.8. The van der Waals surface area contributed by atoms with Gasteiger partial charge < -0.3 is 9.47 Å². The lowest BCUT2D eigenvalue weighted by atomic mass is 10.3. The van der Waals surface area contributed by atoms with Crippen LogP contribution in [-0.4, -0.2) is 18.5 Å². The van der Waals surface area contributed by atoms with Gasteiger partial charge in [-0.1, -0.05) is 22.5 Å². The van der Waals surface area contributed by atoms with Gasteiger partial charge in [0.1, 0.15) is 0 Å². The zero-order chi connectivity index (χ0) is 8.48. The Bertz CT molecular complexity index is 165. The molecule has 64 valence electrons. The van der Waals surface area contributed by atoms with Crippen molar-refractivity contribution in [2.24, 2.45) is 0 Å². The van der Waals surface area contributed by atoms with Gasteiger partial charge in [0.2, 0.25) is 0 Å². The minimum Gasteiger partial charge on any atom is -0.348 e. The van der Waals surface area contributed by atoms with Crippen molar-refractivity contribution >= 4 is 15.9 Å². The predicted molar refractivity (Wildman–Crippen MR) is 47.6 cm³/mol. The average Bonchev–Trinajstić information content (AvgIpc) is 2.08. The van der Waals surface area contributed by atoms with Gasteiger partial charge in [0.15, 0.2) is 5.79 Å². The van der Waals surface area contributed by atoms with Crippen LogP contribution in [0.4, 0.5) is 0 Å². The largest absolute Gasteiger partial charge is 0.348 e. The summed E-state index contributed by atoms with van der Waals surface area (Å²) in [7, 11) is 0. The first-order valence-corrected chi connectivity index (χ1v) is 4.44. The van der Waals surface area contributed by atoms with Crippen molar-refractivity contribution in [2.75, 3.05) is 6.61 Å². The van der Waals surface area contributed by atoms with Crippen LogP contribution in [0.2, 0.25) is 0 Å². The molecule has 1 saturated heterocycles. The first kappa shape index (κ1) is 9.23. The molecule has 0 amide bonds. The molecular weight excluding hydrogens is 208 g/mol. The highest BCUT2D eigenvalue weighted by molar-refractivity contribution is 9.11. The number of hydrogen-bond acceptors (Lipinski definition) is 2. The molecule has 3 heteroatoms. The van der Waals surface area contributed by atoms with Crippen molar-refractivity contribution < 1.29 is 9.47 Å². The molecule has 1 rings (SSSR count). The summed E-state index contributed by atoms with van der Waals surface area (Å²) < 4.78 is 11.9. The van der Waals surface area contributed by atoms with Gasteiger partial charge >= 0.3 is 0 Å². The molecule has 1 aliphatic heterocycles. The summed E-state index contributed by atoms with van der Waals surface area (Å²) in [4.78, 5) is 0. The lowest BCUT2D eigenvalue weighted by Gasteiger charge is -2.16. The van der Waals surface area contributed by atoms with Crippen molar-refractivity contribution in [3.8, 4) is 0 Å². The molecular formula is C8H13BrO2. The maximum Gasteiger partial charge on any atom is 0.163 e. The van der Waals surface area contributed by atoms with E-state index in [1.54, 1.807) is 0 Å². The van der Waals surface area contributed by atoms with E-state index in [2.05, 4.69) is 22.5 Å². The highest BCUT2D eigenvalue weighted by atomic mass is 79.9. The molecule has 0 aromatic carbocycles. The van der Waals surface area contributed by atoms with E-state index in [4.69, 9.17) is 9.47 Å². The van der Waals surface area contributed by atoms with Crippen LogP contribution < -0.4 is 0 Å². The fraction of sp³-hybridized carbons (Fsp3) is 0.750. The van der Waals surface area contributed by atoms with E-state index in [1.807, 2.05) is 13.8 Å². The highest BCUT2D eigenvalue weighted by Crippen LogP contribution is 2.26. The van der Waals surface area contributed by atoms with Gasteiger partial charge in [0.05, 0.1) is 12.7 Å². The summed E-state index contributed by atoms with van der Waals surface area (Å²) in [5, 5.41) is 0. The second-order valence-electron chi connectivity index (χ2n) is 3.17. The van der Waals surface area contributed by atoms with Crippen molar-refractivity contribution in [1.29, 1.82) is 0 Å². The maximum absolute atomic E-state index is 5.55. The van der Waals surface area contributed by atoms with Crippen LogP contribution in [0.5, 0.6) is 0 Å². The number of ether oxygens (including phenoxy) is 2. The SMILES string of the molecule is C=C(Br)CC1COC(C)(C)O1. The van der Waals surface area contributed by atoms with Crippen LogP contribution in [0, 0.1) is 0 Å². The fourth-order valence-electron chi connectivity index (χ4n) is 1.11. The maximum atomic E-state index is 5.55. The molecule has 0 N–H and O–H groups in total. The molecule has 0 aliphatic carbocycles. The third-order valence-corrected chi connectivity index (χ3v) is 1.84. The van der Waals surface area contributed by atoms with Crippen molar-refractivity contribution in [3.05, 3.63) is 11.1 Å². The molecule has 0 aromatic rings. The molecule has 2 nitrogen and oxygen atoms in total. The van der Waals surface area contributed by atoms with Crippen LogP contribution in [0.25, 0.3) is 0 Å². The molecule has 0 radical (unpaired) electrons. The standard InChI is InChI=1S/C8H13BrO2/c1-6(9)4-7-5-10-8(2,3)11-7/h7H,1,4-5H2,2-3H3. The van der Waals surface area contributed by atoms with Gasteiger partial charge in [-0.05, 0) is 18.3 Å². The zero-order valence-corrected chi connectivity index (χ0v) is 8.48. The Hall–Kier alpha value is 0.140. The van der Waals surface area contributed by atoms with E-state index in [0.29, 0.717) is 6.61 Å². The van der Waals surface area contributed by atoms with Gasteiger partial charge in [0, 0.05) is 6.42 Å². The quantitative estimate of drug-likeness (QED) is 0.712. The number of halogens is 1.